The van der Waals surface area contributed by atoms with E-state index in [0.29, 0.717) is 23.1 Å². The second-order valence-corrected chi connectivity index (χ2v) is 3.07. The van der Waals surface area contributed by atoms with Crippen LogP contribution >= 0.6 is 11.6 Å². The van der Waals surface area contributed by atoms with Crippen molar-refractivity contribution >= 4 is 23.4 Å². The molecule has 1 rings (SSSR count). The first kappa shape index (κ1) is 11.7. The molecule has 1 N–H and O–H groups in total. The molecular formula is C10H12ClNO3. The summed E-state index contributed by atoms with van der Waals surface area (Å²) < 4.78 is 9.79. The van der Waals surface area contributed by atoms with Gasteiger partial charge in [-0.05, 0) is 19.1 Å². The lowest BCUT2D eigenvalue weighted by atomic mass is 10.3. The third kappa shape index (κ3) is 3.02. The van der Waals surface area contributed by atoms with Gasteiger partial charge in [0.15, 0.2) is 0 Å². The van der Waals surface area contributed by atoms with Crippen molar-refractivity contribution in [2.75, 3.05) is 19.0 Å². The molecule has 1 amide bonds. The van der Waals surface area contributed by atoms with Crippen LogP contribution in [0.2, 0.25) is 5.02 Å². The Hall–Kier alpha value is -1.42. The molecule has 4 nitrogen and oxygen atoms in total. The van der Waals surface area contributed by atoms with Crippen molar-refractivity contribution in [2.24, 2.45) is 0 Å². The number of rotatable bonds is 3. The molecule has 0 unspecified atom stereocenters. The number of nitrogens with one attached hydrogen (secondary N) is 1. The van der Waals surface area contributed by atoms with Crippen LogP contribution in [0.3, 0.4) is 0 Å². The maximum Gasteiger partial charge on any atom is 0.411 e. The highest BCUT2D eigenvalue weighted by Gasteiger charge is 2.11. The molecule has 0 aliphatic heterocycles. The third-order valence-corrected chi connectivity index (χ3v) is 2.01. The number of hydrogen-bond donors (Lipinski definition) is 1. The molecule has 0 radical (unpaired) electrons. The molecule has 0 heterocycles. The molecule has 0 aromatic heterocycles. The summed E-state index contributed by atoms with van der Waals surface area (Å²) in [5.74, 6) is 0.496. The Balaban J connectivity index is 2.87. The van der Waals surface area contributed by atoms with Crippen molar-refractivity contribution in [1.29, 1.82) is 0 Å². The number of carbonyl (C=O) groups excluding carboxylic acids is 1. The first-order chi connectivity index (χ1) is 7.19. The Morgan fingerprint density at radius 2 is 2.27 bits per heavy atom. The molecule has 1 aromatic carbocycles. The summed E-state index contributed by atoms with van der Waals surface area (Å²) in [4.78, 5) is 11.2. The molecule has 0 saturated carbocycles. The number of amides is 1. The van der Waals surface area contributed by atoms with E-state index in [9.17, 15) is 4.79 Å². The number of para-hydroxylation sites is 1. The zero-order chi connectivity index (χ0) is 11.3. The van der Waals surface area contributed by atoms with E-state index in [1.807, 2.05) is 0 Å². The summed E-state index contributed by atoms with van der Waals surface area (Å²) in [7, 11) is 1.50. The van der Waals surface area contributed by atoms with Crippen LogP contribution in [-0.2, 0) is 4.74 Å². The average molecular weight is 230 g/mol. The molecule has 15 heavy (non-hydrogen) atoms. The third-order valence-electron chi connectivity index (χ3n) is 1.70. The summed E-state index contributed by atoms with van der Waals surface area (Å²) in [5.41, 5.74) is 0.417. The quantitative estimate of drug-likeness (QED) is 0.867. The van der Waals surface area contributed by atoms with Crippen molar-refractivity contribution in [3.63, 3.8) is 0 Å². The molecule has 0 bridgehead atoms. The van der Waals surface area contributed by atoms with Gasteiger partial charge in [0.1, 0.15) is 11.4 Å². The lowest BCUT2D eigenvalue weighted by Gasteiger charge is -2.11. The molecule has 5 heteroatoms. The van der Waals surface area contributed by atoms with Crippen molar-refractivity contribution in [2.45, 2.75) is 6.92 Å². The molecule has 0 spiro atoms. The van der Waals surface area contributed by atoms with E-state index in [4.69, 9.17) is 21.1 Å². The second kappa shape index (κ2) is 5.46. The first-order valence-corrected chi connectivity index (χ1v) is 4.83. The van der Waals surface area contributed by atoms with Gasteiger partial charge in [-0.15, -0.1) is 0 Å². The first-order valence-electron chi connectivity index (χ1n) is 4.45. The predicted molar refractivity (Wildman–Crippen MR) is 58.6 cm³/mol. The van der Waals surface area contributed by atoms with Crippen LogP contribution in [0.15, 0.2) is 18.2 Å². The van der Waals surface area contributed by atoms with Crippen molar-refractivity contribution in [3.05, 3.63) is 23.2 Å². The van der Waals surface area contributed by atoms with Crippen molar-refractivity contribution < 1.29 is 14.3 Å². The van der Waals surface area contributed by atoms with Gasteiger partial charge in [-0.3, -0.25) is 5.32 Å². The van der Waals surface area contributed by atoms with Gasteiger partial charge in [0.25, 0.3) is 0 Å². The lowest BCUT2D eigenvalue weighted by molar-refractivity contribution is 0.168. The minimum atomic E-state index is -0.552. The van der Waals surface area contributed by atoms with Gasteiger partial charge >= 0.3 is 6.09 Å². The highest BCUT2D eigenvalue weighted by molar-refractivity contribution is 6.34. The Kier molecular flexibility index (Phi) is 4.24. The summed E-state index contributed by atoms with van der Waals surface area (Å²) in [6.07, 6.45) is -0.552. The smallest absolute Gasteiger partial charge is 0.411 e. The fraction of sp³-hybridized carbons (Fsp3) is 0.300. The number of benzene rings is 1. The molecular weight excluding hydrogens is 218 g/mol. The van der Waals surface area contributed by atoms with Crippen LogP contribution in [0.25, 0.3) is 0 Å². The summed E-state index contributed by atoms with van der Waals surface area (Å²) in [6, 6.07) is 5.09. The van der Waals surface area contributed by atoms with Gasteiger partial charge in [-0.25, -0.2) is 4.79 Å². The molecule has 1 aromatic rings. The Labute approximate surface area is 93.1 Å². The molecule has 0 aliphatic rings. The topological polar surface area (TPSA) is 47.6 Å². The summed E-state index contributed by atoms with van der Waals surface area (Å²) in [5, 5.41) is 2.92. The molecule has 0 fully saturated rings. The van der Waals surface area contributed by atoms with Gasteiger partial charge in [0.05, 0.1) is 18.7 Å². The highest BCUT2D eigenvalue weighted by atomic mass is 35.5. The summed E-state index contributed by atoms with van der Waals surface area (Å²) in [6.45, 7) is 2.03. The highest BCUT2D eigenvalue weighted by Crippen LogP contribution is 2.31. The van der Waals surface area contributed by atoms with Crippen LogP contribution in [0.4, 0.5) is 10.5 Å². The number of carbonyl (C=O) groups is 1. The van der Waals surface area contributed by atoms with Gasteiger partial charge in [-0.1, -0.05) is 17.7 Å². The molecule has 0 saturated heterocycles. The Bertz CT molecular complexity index is 355. The van der Waals surface area contributed by atoms with E-state index >= 15 is 0 Å². The maximum atomic E-state index is 11.2. The average Bonchev–Trinajstić information content (AvgIpc) is 2.21. The standard InChI is InChI=1S/C10H12ClNO3/c1-3-15-10(13)12-9-7(11)5-4-6-8(9)14-2/h4-6H,3H2,1-2H3,(H,12,13). The minimum Gasteiger partial charge on any atom is -0.495 e. The molecule has 0 aliphatic carbocycles. The number of methoxy groups -OCH3 is 1. The van der Waals surface area contributed by atoms with E-state index < -0.39 is 6.09 Å². The molecule has 0 atom stereocenters. The van der Waals surface area contributed by atoms with Crippen LogP contribution in [-0.4, -0.2) is 19.8 Å². The van der Waals surface area contributed by atoms with E-state index in [2.05, 4.69) is 5.32 Å². The Morgan fingerprint density at radius 3 is 2.87 bits per heavy atom. The number of ether oxygens (including phenoxy) is 2. The van der Waals surface area contributed by atoms with E-state index in [1.54, 1.807) is 25.1 Å². The number of halogens is 1. The van der Waals surface area contributed by atoms with E-state index in [0.717, 1.165) is 0 Å². The van der Waals surface area contributed by atoms with E-state index in [-0.39, 0.29) is 0 Å². The van der Waals surface area contributed by atoms with Crippen LogP contribution < -0.4 is 10.1 Å². The fourth-order valence-corrected chi connectivity index (χ4v) is 1.28. The van der Waals surface area contributed by atoms with Gasteiger partial charge < -0.3 is 9.47 Å². The summed E-state index contributed by atoms with van der Waals surface area (Å²) >= 11 is 5.90. The Morgan fingerprint density at radius 1 is 1.53 bits per heavy atom. The normalized spacial score (nSPS) is 9.53. The van der Waals surface area contributed by atoms with Gasteiger partial charge in [0, 0.05) is 0 Å². The van der Waals surface area contributed by atoms with Crippen LogP contribution in [0, 0.1) is 0 Å². The monoisotopic (exact) mass is 229 g/mol. The lowest BCUT2D eigenvalue weighted by Crippen LogP contribution is -2.14. The fourth-order valence-electron chi connectivity index (χ4n) is 1.07. The zero-order valence-corrected chi connectivity index (χ0v) is 9.30. The van der Waals surface area contributed by atoms with Gasteiger partial charge in [0.2, 0.25) is 0 Å². The van der Waals surface area contributed by atoms with Gasteiger partial charge in [-0.2, -0.15) is 0 Å². The van der Waals surface area contributed by atoms with E-state index in [1.165, 1.54) is 7.11 Å². The largest absolute Gasteiger partial charge is 0.495 e. The van der Waals surface area contributed by atoms with Crippen molar-refractivity contribution in [1.82, 2.24) is 0 Å². The van der Waals surface area contributed by atoms with Crippen molar-refractivity contribution in [3.8, 4) is 5.75 Å². The van der Waals surface area contributed by atoms with Crippen LogP contribution in [0.1, 0.15) is 6.92 Å². The zero-order valence-electron chi connectivity index (χ0n) is 8.54. The molecule has 82 valence electrons. The maximum absolute atomic E-state index is 11.2. The number of hydrogen-bond acceptors (Lipinski definition) is 3. The number of anilines is 1. The second-order valence-electron chi connectivity index (χ2n) is 2.66. The van der Waals surface area contributed by atoms with Crippen LogP contribution in [0.5, 0.6) is 5.75 Å². The predicted octanol–water partition coefficient (Wildman–Crippen LogP) is 2.92. The minimum absolute atomic E-state index is 0.304. The SMILES string of the molecule is CCOC(=O)Nc1c(Cl)cccc1OC.